The van der Waals surface area contributed by atoms with Crippen LogP contribution in [0.15, 0.2) is 42.9 Å². The van der Waals surface area contributed by atoms with Gasteiger partial charge in [-0.2, -0.15) is 0 Å². The first-order valence-corrected chi connectivity index (χ1v) is 5.46. The van der Waals surface area contributed by atoms with Crippen LogP contribution in [0.25, 0.3) is 0 Å². The van der Waals surface area contributed by atoms with Crippen molar-refractivity contribution in [3.63, 3.8) is 0 Å². The third-order valence-corrected chi connectivity index (χ3v) is 2.99. The molecule has 0 spiro atoms. The Hall–Kier alpha value is -1.61. The first-order valence-electron chi connectivity index (χ1n) is 5.46. The predicted molar refractivity (Wildman–Crippen MR) is 61.0 cm³/mol. The van der Waals surface area contributed by atoms with Crippen LogP contribution in [0.1, 0.15) is 11.3 Å². The smallest absolute Gasteiger partial charge is 0.134 e. The molecule has 0 bridgehead atoms. The van der Waals surface area contributed by atoms with Crippen LogP contribution in [0.3, 0.4) is 0 Å². The number of hydrogen-bond donors (Lipinski definition) is 0. The number of aromatic nitrogens is 2. The maximum absolute atomic E-state index is 5.65. The standard InChI is InChI=1S/C13H14N2O/c1-11-7-15(10-14-11)8-13(9-16-13)12-5-3-2-4-6-12/h2-7,10H,8-9H2,1H3. The molecule has 1 atom stereocenters. The number of hydrogen-bond acceptors (Lipinski definition) is 2. The number of nitrogens with zero attached hydrogens (tertiary/aromatic N) is 2. The second-order valence-corrected chi connectivity index (χ2v) is 4.34. The Morgan fingerprint density at radius 3 is 2.69 bits per heavy atom. The van der Waals surface area contributed by atoms with Crippen LogP contribution in [0.4, 0.5) is 0 Å². The number of epoxide rings is 1. The number of benzene rings is 1. The first-order chi connectivity index (χ1) is 7.78. The van der Waals surface area contributed by atoms with Gasteiger partial charge >= 0.3 is 0 Å². The van der Waals surface area contributed by atoms with E-state index < -0.39 is 0 Å². The monoisotopic (exact) mass is 214 g/mol. The van der Waals surface area contributed by atoms with Gasteiger partial charge in [-0.25, -0.2) is 4.98 Å². The van der Waals surface area contributed by atoms with Crippen molar-refractivity contribution in [1.29, 1.82) is 0 Å². The van der Waals surface area contributed by atoms with Gasteiger partial charge in [0.25, 0.3) is 0 Å². The van der Waals surface area contributed by atoms with Gasteiger partial charge in [0, 0.05) is 6.20 Å². The van der Waals surface area contributed by atoms with E-state index in [4.69, 9.17) is 4.74 Å². The molecule has 1 aliphatic rings. The first kappa shape index (κ1) is 9.60. The molecule has 0 aliphatic carbocycles. The molecule has 1 fully saturated rings. The van der Waals surface area contributed by atoms with E-state index in [-0.39, 0.29) is 5.60 Å². The highest BCUT2D eigenvalue weighted by atomic mass is 16.6. The fraction of sp³-hybridized carbons (Fsp3) is 0.308. The van der Waals surface area contributed by atoms with Crippen molar-refractivity contribution in [2.24, 2.45) is 0 Å². The van der Waals surface area contributed by atoms with Crippen molar-refractivity contribution in [3.05, 3.63) is 54.1 Å². The van der Waals surface area contributed by atoms with Crippen LogP contribution in [-0.2, 0) is 16.9 Å². The number of rotatable bonds is 3. The van der Waals surface area contributed by atoms with Gasteiger partial charge in [0.1, 0.15) is 5.60 Å². The highest BCUT2D eigenvalue weighted by molar-refractivity contribution is 5.26. The predicted octanol–water partition coefficient (Wildman–Crippen LogP) is 2.12. The molecular formula is C13H14N2O. The fourth-order valence-corrected chi connectivity index (χ4v) is 2.03. The van der Waals surface area contributed by atoms with Gasteiger partial charge in [-0.1, -0.05) is 30.3 Å². The summed E-state index contributed by atoms with van der Waals surface area (Å²) in [7, 11) is 0. The topological polar surface area (TPSA) is 30.4 Å². The average molecular weight is 214 g/mol. The quantitative estimate of drug-likeness (QED) is 0.733. The number of ether oxygens (including phenoxy) is 1. The molecule has 1 aliphatic heterocycles. The molecule has 1 saturated heterocycles. The molecule has 1 aromatic carbocycles. The second kappa shape index (κ2) is 3.46. The summed E-state index contributed by atoms with van der Waals surface area (Å²) in [6.07, 6.45) is 3.91. The lowest BCUT2D eigenvalue weighted by molar-refractivity contribution is 0.277. The molecule has 1 unspecified atom stereocenters. The minimum Gasteiger partial charge on any atom is -0.363 e. The van der Waals surface area contributed by atoms with E-state index in [9.17, 15) is 0 Å². The van der Waals surface area contributed by atoms with Crippen LogP contribution in [-0.4, -0.2) is 16.2 Å². The number of aryl methyl sites for hydroxylation is 1. The highest BCUT2D eigenvalue weighted by Crippen LogP contribution is 2.40. The molecule has 0 amide bonds. The van der Waals surface area contributed by atoms with Gasteiger partial charge in [0.2, 0.25) is 0 Å². The molecule has 0 radical (unpaired) electrons. The Kier molecular flexibility index (Phi) is 2.07. The Morgan fingerprint density at radius 2 is 2.12 bits per heavy atom. The number of imidazole rings is 1. The third kappa shape index (κ3) is 1.63. The molecule has 82 valence electrons. The normalized spacial score (nSPS) is 23.3. The summed E-state index contributed by atoms with van der Waals surface area (Å²) in [4.78, 5) is 4.23. The lowest BCUT2D eigenvalue weighted by atomic mass is 10.0. The van der Waals surface area contributed by atoms with E-state index in [0.29, 0.717) is 0 Å². The summed E-state index contributed by atoms with van der Waals surface area (Å²) in [5.74, 6) is 0. The summed E-state index contributed by atoms with van der Waals surface area (Å²) in [6, 6.07) is 10.4. The lowest BCUT2D eigenvalue weighted by Gasteiger charge is -2.12. The van der Waals surface area contributed by atoms with Crippen molar-refractivity contribution < 1.29 is 4.74 Å². The van der Waals surface area contributed by atoms with Gasteiger partial charge < -0.3 is 9.30 Å². The molecule has 2 heterocycles. The van der Waals surface area contributed by atoms with Crippen LogP contribution in [0.5, 0.6) is 0 Å². The molecule has 3 nitrogen and oxygen atoms in total. The minimum absolute atomic E-state index is 0.117. The molecular weight excluding hydrogens is 200 g/mol. The van der Waals surface area contributed by atoms with Crippen LogP contribution in [0.2, 0.25) is 0 Å². The summed E-state index contributed by atoms with van der Waals surface area (Å²) in [6.45, 7) is 3.64. The average Bonchev–Trinajstić information content (AvgIpc) is 2.98. The van der Waals surface area contributed by atoms with Gasteiger partial charge in [-0.15, -0.1) is 0 Å². The third-order valence-electron chi connectivity index (χ3n) is 2.99. The Balaban J connectivity index is 1.85. The van der Waals surface area contributed by atoms with Crippen molar-refractivity contribution in [2.75, 3.05) is 6.61 Å². The summed E-state index contributed by atoms with van der Waals surface area (Å²) in [5, 5.41) is 0. The maximum atomic E-state index is 5.65. The summed E-state index contributed by atoms with van der Waals surface area (Å²) in [5.41, 5.74) is 2.18. The van der Waals surface area contributed by atoms with Gasteiger partial charge in [-0.3, -0.25) is 0 Å². The molecule has 16 heavy (non-hydrogen) atoms. The molecule has 0 saturated carbocycles. The van der Waals surface area contributed by atoms with Gasteiger partial charge in [-0.05, 0) is 12.5 Å². The molecule has 0 N–H and O–H groups in total. The van der Waals surface area contributed by atoms with Crippen molar-refractivity contribution in [1.82, 2.24) is 9.55 Å². The molecule has 3 rings (SSSR count). The Morgan fingerprint density at radius 1 is 1.38 bits per heavy atom. The minimum atomic E-state index is -0.117. The zero-order valence-corrected chi connectivity index (χ0v) is 9.26. The zero-order chi connectivity index (χ0) is 11.0. The van der Waals surface area contributed by atoms with E-state index in [0.717, 1.165) is 18.8 Å². The maximum Gasteiger partial charge on any atom is 0.134 e. The lowest BCUT2D eigenvalue weighted by Crippen LogP contribution is -2.16. The van der Waals surface area contributed by atoms with E-state index in [1.54, 1.807) is 0 Å². The van der Waals surface area contributed by atoms with Gasteiger partial charge in [0.05, 0.1) is 25.2 Å². The zero-order valence-electron chi connectivity index (χ0n) is 9.26. The van der Waals surface area contributed by atoms with E-state index in [1.807, 2.05) is 25.5 Å². The summed E-state index contributed by atoms with van der Waals surface area (Å²) >= 11 is 0. The Bertz CT molecular complexity index is 486. The van der Waals surface area contributed by atoms with Crippen LogP contribution >= 0.6 is 0 Å². The van der Waals surface area contributed by atoms with E-state index in [2.05, 4.69) is 33.8 Å². The van der Waals surface area contributed by atoms with Crippen LogP contribution in [0, 0.1) is 6.92 Å². The van der Waals surface area contributed by atoms with Crippen molar-refractivity contribution in [2.45, 2.75) is 19.1 Å². The highest BCUT2D eigenvalue weighted by Gasteiger charge is 2.46. The molecule has 1 aromatic heterocycles. The van der Waals surface area contributed by atoms with Gasteiger partial charge in [0.15, 0.2) is 0 Å². The van der Waals surface area contributed by atoms with Crippen molar-refractivity contribution >= 4 is 0 Å². The largest absolute Gasteiger partial charge is 0.363 e. The Labute approximate surface area is 94.7 Å². The van der Waals surface area contributed by atoms with Crippen LogP contribution < -0.4 is 0 Å². The van der Waals surface area contributed by atoms with Crippen molar-refractivity contribution in [3.8, 4) is 0 Å². The van der Waals surface area contributed by atoms with E-state index in [1.165, 1.54) is 5.56 Å². The fourth-order valence-electron chi connectivity index (χ4n) is 2.03. The van der Waals surface area contributed by atoms with E-state index >= 15 is 0 Å². The second-order valence-electron chi connectivity index (χ2n) is 4.34. The molecule has 2 aromatic rings. The SMILES string of the molecule is Cc1cn(CC2(c3ccccc3)CO2)cn1. The molecule has 3 heteroatoms. The summed E-state index contributed by atoms with van der Waals surface area (Å²) < 4.78 is 7.74.